The van der Waals surface area contributed by atoms with Gasteiger partial charge in [0.2, 0.25) is 0 Å². The Balaban J connectivity index is 2.54. The van der Waals surface area contributed by atoms with Gasteiger partial charge in [-0.1, -0.05) is 6.07 Å². The number of benzene rings is 1. The molecule has 0 radical (unpaired) electrons. The van der Waals surface area contributed by atoms with Gasteiger partial charge in [0, 0.05) is 7.05 Å². The van der Waals surface area contributed by atoms with Crippen LogP contribution in [0.5, 0.6) is 0 Å². The Hall–Kier alpha value is -1.86. The van der Waals surface area contributed by atoms with Gasteiger partial charge < -0.3 is 9.47 Å². The molecule has 4 heteroatoms. The lowest BCUT2D eigenvalue weighted by atomic mass is 9.81. The molecule has 1 aromatic carbocycles. The van der Waals surface area contributed by atoms with E-state index in [1.165, 1.54) is 0 Å². The average molecular weight is 256 g/mol. The zero-order valence-corrected chi connectivity index (χ0v) is 12.2. The number of hydrogen-bond donors (Lipinski definition) is 0. The monoisotopic (exact) mass is 256 g/mol. The largest absolute Gasteiger partial charge is 0.334 e. The summed E-state index contributed by atoms with van der Waals surface area (Å²) in [7, 11) is 6.00. The van der Waals surface area contributed by atoms with Gasteiger partial charge in [-0.2, -0.15) is 5.26 Å². The molecule has 1 atom stereocenters. The standard InChI is InChI=1S/C15H20N4/c1-15(2,9-16)14(18(3)4)11-6-7-13-12(8-11)17-10-19(13)5/h6-8,10,14H,1-5H3. The van der Waals surface area contributed by atoms with Crippen LogP contribution in [0.2, 0.25) is 0 Å². The Morgan fingerprint density at radius 2 is 2.05 bits per heavy atom. The molecule has 0 aliphatic heterocycles. The fraction of sp³-hybridized carbons (Fsp3) is 0.467. The molecule has 1 aromatic heterocycles. The molecule has 19 heavy (non-hydrogen) atoms. The SMILES string of the molecule is CN(C)C(c1ccc2c(c1)ncn2C)C(C)(C)C#N. The first-order valence-corrected chi connectivity index (χ1v) is 6.35. The molecule has 0 aliphatic rings. The van der Waals surface area contributed by atoms with E-state index in [-0.39, 0.29) is 6.04 Å². The second-order valence-corrected chi connectivity index (χ2v) is 5.80. The number of nitriles is 1. The molecule has 2 rings (SSSR count). The van der Waals surface area contributed by atoms with Crippen LogP contribution in [0, 0.1) is 16.7 Å². The number of hydrogen-bond acceptors (Lipinski definition) is 3. The third kappa shape index (κ3) is 2.34. The lowest BCUT2D eigenvalue weighted by Gasteiger charge is -2.34. The number of nitrogens with zero attached hydrogens (tertiary/aromatic N) is 4. The minimum atomic E-state index is -0.452. The molecule has 0 saturated heterocycles. The Labute approximate surface area is 114 Å². The van der Waals surface area contributed by atoms with Gasteiger partial charge in [0.05, 0.1) is 34.9 Å². The Morgan fingerprint density at radius 3 is 2.63 bits per heavy atom. The highest BCUT2D eigenvalue weighted by molar-refractivity contribution is 5.76. The van der Waals surface area contributed by atoms with Crippen LogP contribution in [0.4, 0.5) is 0 Å². The summed E-state index contributed by atoms with van der Waals surface area (Å²) in [5.41, 5.74) is 2.76. The molecule has 0 saturated carbocycles. The normalized spacial score (nSPS) is 13.7. The van der Waals surface area contributed by atoms with E-state index < -0.39 is 5.41 Å². The van der Waals surface area contributed by atoms with E-state index in [0.29, 0.717) is 0 Å². The summed E-state index contributed by atoms with van der Waals surface area (Å²) in [5, 5.41) is 9.40. The lowest BCUT2D eigenvalue weighted by Crippen LogP contribution is -2.32. The van der Waals surface area contributed by atoms with Crippen molar-refractivity contribution in [3.05, 3.63) is 30.1 Å². The van der Waals surface area contributed by atoms with E-state index in [4.69, 9.17) is 0 Å². The lowest BCUT2D eigenvalue weighted by molar-refractivity contribution is 0.185. The molecule has 0 amide bonds. The van der Waals surface area contributed by atoms with Crippen LogP contribution in [-0.4, -0.2) is 28.5 Å². The number of rotatable bonds is 3. The van der Waals surface area contributed by atoms with E-state index in [2.05, 4.69) is 34.2 Å². The molecular formula is C15H20N4. The van der Waals surface area contributed by atoms with Crippen LogP contribution in [0.1, 0.15) is 25.5 Å². The molecule has 1 unspecified atom stereocenters. The van der Waals surface area contributed by atoms with Crippen LogP contribution in [-0.2, 0) is 7.05 Å². The fourth-order valence-corrected chi connectivity index (χ4v) is 2.74. The number of imidazole rings is 1. The van der Waals surface area contributed by atoms with Crippen molar-refractivity contribution >= 4 is 11.0 Å². The van der Waals surface area contributed by atoms with Gasteiger partial charge in [0.15, 0.2) is 0 Å². The smallest absolute Gasteiger partial charge is 0.0955 e. The van der Waals surface area contributed by atoms with Gasteiger partial charge in [0.25, 0.3) is 0 Å². The van der Waals surface area contributed by atoms with E-state index >= 15 is 0 Å². The zero-order valence-electron chi connectivity index (χ0n) is 12.2. The van der Waals surface area contributed by atoms with Gasteiger partial charge in [-0.25, -0.2) is 4.98 Å². The van der Waals surface area contributed by atoms with Gasteiger partial charge in [-0.15, -0.1) is 0 Å². The van der Waals surface area contributed by atoms with Crippen molar-refractivity contribution in [3.8, 4) is 6.07 Å². The van der Waals surface area contributed by atoms with Crippen LogP contribution in [0.15, 0.2) is 24.5 Å². The first-order valence-electron chi connectivity index (χ1n) is 6.35. The predicted molar refractivity (Wildman–Crippen MR) is 76.5 cm³/mol. The second kappa shape index (κ2) is 4.67. The molecule has 2 aromatic rings. The Morgan fingerprint density at radius 1 is 1.37 bits per heavy atom. The number of aryl methyl sites for hydroxylation is 1. The number of fused-ring (bicyclic) bond motifs is 1. The van der Waals surface area contributed by atoms with Crippen molar-refractivity contribution in [2.45, 2.75) is 19.9 Å². The summed E-state index contributed by atoms with van der Waals surface area (Å²) in [6.45, 7) is 3.95. The maximum atomic E-state index is 9.40. The number of aromatic nitrogens is 2. The molecule has 0 spiro atoms. The maximum Gasteiger partial charge on any atom is 0.0955 e. The van der Waals surface area contributed by atoms with Crippen molar-refractivity contribution in [1.82, 2.24) is 14.5 Å². The quantitative estimate of drug-likeness (QED) is 0.848. The van der Waals surface area contributed by atoms with E-state index in [9.17, 15) is 5.26 Å². The first kappa shape index (κ1) is 13.6. The highest BCUT2D eigenvalue weighted by Crippen LogP contribution is 2.37. The Bertz CT molecular complexity index is 631. The molecule has 0 N–H and O–H groups in total. The minimum absolute atomic E-state index is 0.0453. The molecule has 100 valence electrons. The van der Waals surface area contributed by atoms with E-state index in [1.54, 1.807) is 0 Å². The average Bonchev–Trinajstić information content (AvgIpc) is 2.70. The van der Waals surface area contributed by atoms with Crippen molar-refractivity contribution in [2.24, 2.45) is 12.5 Å². The predicted octanol–water partition coefficient (Wildman–Crippen LogP) is 2.73. The summed E-state index contributed by atoms with van der Waals surface area (Å²) >= 11 is 0. The summed E-state index contributed by atoms with van der Waals surface area (Å²) in [6, 6.07) is 8.70. The maximum absolute atomic E-state index is 9.40. The minimum Gasteiger partial charge on any atom is -0.334 e. The van der Waals surface area contributed by atoms with Gasteiger partial charge >= 0.3 is 0 Å². The van der Waals surface area contributed by atoms with Gasteiger partial charge in [-0.05, 0) is 45.6 Å². The topological polar surface area (TPSA) is 44.9 Å². The summed E-state index contributed by atoms with van der Waals surface area (Å²) in [6.07, 6.45) is 1.81. The molecule has 0 aliphatic carbocycles. The molecule has 1 heterocycles. The third-order valence-corrected chi connectivity index (χ3v) is 3.55. The van der Waals surface area contributed by atoms with E-state index in [0.717, 1.165) is 16.6 Å². The summed E-state index contributed by atoms with van der Waals surface area (Å²) in [5.74, 6) is 0. The van der Waals surface area contributed by atoms with Crippen molar-refractivity contribution in [1.29, 1.82) is 5.26 Å². The van der Waals surface area contributed by atoms with Crippen molar-refractivity contribution in [3.63, 3.8) is 0 Å². The molecule has 0 bridgehead atoms. The zero-order chi connectivity index (χ0) is 14.2. The van der Waals surface area contributed by atoms with Crippen LogP contribution in [0.3, 0.4) is 0 Å². The van der Waals surface area contributed by atoms with Crippen molar-refractivity contribution < 1.29 is 0 Å². The van der Waals surface area contributed by atoms with Crippen LogP contribution >= 0.6 is 0 Å². The fourth-order valence-electron chi connectivity index (χ4n) is 2.74. The molecule has 0 fully saturated rings. The van der Waals surface area contributed by atoms with Crippen molar-refractivity contribution in [2.75, 3.05) is 14.1 Å². The highest BCUT2D eigenvalue weighted by Gasteiger charge is 2.32. The highest BCUT2D eigenvalue weighted by atomic mass is 15.1. The summed E-state index contributed by atoms with van der Waals surface area (Å²) in [4.78, 5) is 6.48. The summed E-state index contributed by atoms with van der Waals surface area (Å²) < 4.78 is 2.00. The molecular weight excluding hydrogens is 236 g/mol. The molecule has 4 nitrogen and oxygen atoms in total. The Kier molecular flexibility index (Phi) is 3.34. The second-order valence-electron chi connectivity index (χ2n) is 5.80. The van der Waals surface area contributed by atoms with Crippen LogP contribution in [0.25, 0.3) is 11.0 Å². The van der Waals surface area contributed by atoms with Gasteiger partial charge in [-0.3, -0.25) is 0 Å². The van der Waals surface area contributed by atoms with Crippen LogP contribution < -0.4 is 0 Å². The third-order valence-electron chi connectivity index (χ3n) is 3.55. The van der Waals surface area contributed by atoms with E-state index in [1.807, 2.05) is 45.9 Å². The van der Waals surface area contributed by atoms with Gasteiger partial charge in [0.1, 0.15) is 0 Å². The first-order chi connectivity index (χ1) is 8.86.